The summed E-state index contributed by atoms with van der Waals surface area (Å²) < 4.78 is 6.01. The summed E-state index contributed by atoms with van der Waals surface area (Å²) in [6.45, 7) is 1.81. The van der Waals surface area contributed by atoms with Gasteiger partial charge in [-0.3, -0.25) is 0 Å². The third-order valence-electron chi connectivity index (χ3n) is 2.58. The smallest absolute Gasteiger partial charge is 0.427 e. The molecule has 0 fully saturated rings. The fourth-order valence-electron chi connectivity index (χ4n) is 1.59. The van der Waals surface area contributed by atoms with Crippen LogP contribution in [0.25, 0.3) is 5.69 Å². The third-order valence-corrected chi connectivity index (χ3v) is 2.95. The van der Waals surface area contributed by atoms with Crippen LogP contribution in [0.15, 0.2) is 35.4 Å². The van der Waals surface area contributed by atoms with Crippen LogP contribution < -0.4 is 5.43 Å². The molecule has 0 atom stereocenters. The first-order valence-corrected chi connectivity index (χ1v) is 6.19. The van der Waals surface area contributed by atoms with Crippen molar-refractivity contribution in [3.05, 3.63) is 46.7 Å². The van der Waals surface area contributed by atoms with Gasteiger partial charge >= 0.3 is 6.09 Å². The van der Waals surface area contributed by atoms with Crippen LogP contribution in [0, 0.1) is 6.92 Å². The Balaban J connectivity index is 2.28. The standard InChI is InChI=1S/C13H13ClN4O2/c1-9-11(8-15-16-13(19)20-2)12(14)18(17-9)10-6-4-3-5-7-10/h3-8H,1-2H3,(H,16,19)/b15-8-. The number of carbonyl (C=O) groups excluding carboxylic acids is 1. The van der Waals surface area contributed by atoms with Crippen LogP contribution in [-0.4, -0.2) is 29.2 Å². The largest absolute Gasteiger partial charge is 0.452 e. The predicted molar refractivity (Wildman–Crippen MR) is 76.4 cm³/mol. The van der Waals surface area contributed by atoms with E-state index in [0.717, 1.165) is 5.69 Å². The lowest BCUT2D eigenvalue weighted by atomic mass is 10.3. The Hall–Kier alpha value is -2.34. The van der Waals surface area contributed by atoms with Crippen LogP contribution in [0.5, 0.6) is 0 Å². The zero-order valence-corrected chi connectivity index (χ0v) is 11.8. The zero-order chi connectivity index (χ0) is 14.5. The van der Waals surface area contributed by atoms with Gasteiger partial charge < -0.3 is 4.74 Å². The van der Waals surface area contributed by atoms with E-state index in [1.807, 2.05) is 37.3 Å². The summed E-state index contributed by atoms with van der Waals surface area (Å²) in [6.07, 6.45) is 0.784. The number of para-hydroxylation sites is 1. The predicted octanol–water partition coefficient (Wildman–Crippen LogP) is 2.52. The molecule has 0 bridgehead atoms. The van der Waals surface area contributed by atoms with Gasteiger partial charge in [0.2, 0.25) is 0 Å². The Morgan fingerprint density at radius 2 is 2.15 bits per heavy atom. The van der Waals surface area contributed by atoms with E-state index in [1.54, 1.807) is 4.68 Å². The Kier molecular flexibility index (Phi) is 4.37. The first kappa shape index (κ1) is 14.1. The molecule has 7 heteroatoms. The first-order chi connectivity index (χ1) is 9.63. The number of hydrazone groups is 1. The second-order valence-electron chi connectivity index (χ2n) is 3.90. The lowest BCUT2D eigenvalue weighted by molar-refractivity contribution is 0.171. The molecule has 0 saturated carbocycles. The van der Waals surface area contributed by atoms with Crippen molar-refractivity contribution in [2.24, 2.45) is 5.10 Å². The van der Waals surface area contributed by atoms with Crippen LogP contribution >= 0.6 is 11.6 Å². The number of hydrogen-bond donors (Lipinski definition) is 1. The van der Waals surface area contributed by atoms with Crippen molar-refractivity contribution in [3.63, 3.8) is 0 Å². The van der Waals surface area contributed by atoms with Crippen molar-refractivity contribution in [2.45, 2.75) is 6.92 Å². The van der Waals surface area contributed by atoms with E-state index in [-0.39, 0.29) is 0 Å². The van der Waals surface area contributed by atoms with Crippen molar-refractivity contribution < 1.29 is 9.53 Å². The van der Waals surface area contributed by atoms with E-state index >= 15 is 0 Å². The Morgan fingerprint density at radius 1 is 1.45 bits per heavy atom. The van der Waals surface area contributed by atoms with E-state index < -0.39 is 6.09 Å². The minimum Gasteiger partial charge on any atom is -0.452 e. The molecule has 1 aromatic heterocycles. The lowest BCUT2D eigenvalue weighted by Gasteiger charge is -2.01. The number of amides is 1. The number of rotatable bonds is 3. The number of hydrogen-bond acceptors (Lipinski definition) is 4. The van der Waals surface area contributed by atoms with E-state index in [9.17, 15) is 4.79 Å². The summed E-state index contributed by atoms with van der Waals surface area (Å²) in [5.41, 5.74) is 4.38. The summed E-state index contributed by atoms with van der Waals surface area (Å²) in [6, 6.07) is 9.50. The van der Waals surface area contributed by atoms with Gasteiger partial charge in [-0.25, -0.2) is 14.9 Å². The van der Waals surface area contributed by atoms with E-state index in [2.05, 4.69) is 20.4 Å². The number of carbonyl (C=O) groups is 1. The molecule has 20 heavy (non-hydrogen) atoms. The molecule has 1 N–H and O–H groups in total. The SMILES string of the molecule is COC(=O)N/N=C\c1c(C)nn(-c2ccccc2)c1Cl. The van der Waals surface area contributed by atoms with Gasteiger partial charge in [0.25, 0.3) is 0 Å². The molecule has 6 nitrogen and oxygen atoms in total. The summed E-state index contributed by atoms with van der Waals surface area (Å²) >= 11 is 6.28. The molecular weight excluding hydrogens is 280 g/mol. The van der Waals surface area contributed by atoms with Crippen molar-refractivity contribution in [2.75, 3.05) is 7.11 Å². The topological polar surface area (TPSA) is 68.5 Å². The molecule has 2 aromatic rings. The fraction of sp³-hybridized carbons (Fsp3) is 0.154. The van der Waals surface area contributed by atoms with Crippen LogP contribution in [0.2, 0.25) is 5.15 Å². The average Bonchev–Trinajstić information content (AvgIpc) is 2.75. The molecular formula is C13H13ClN4O2. The molecule has 0 radical (unpaired) electrons. The maximum absolute atomic E-state index is 10.9. The van der Waals surface area contributed by atoms with Gasteiger partial charge in [-0.05, 0) is 19.1 Å². The first-order valence-electron chi connectivity index (χ1n) is 5.81. The van der Waals surface area contributed by atoms with E-state index in [0.29, 0.717) is 16.4 Å². The molecule has 1 heterocycles. The van der Waals surface area contributed by atoms with E-state index in [4.69, 9.17) is 11.6 Å². The highest BCUT2D eigenvalue weighted by Crippen LogP contribution is 2.21. The van der Waals surface area contributed by atoms with E-state index in [1.165, 1.54) is 13.3 Å². The molecule has 1 amide bonds. The minimum atomic E-state index is -0.648. The van der Waals surface area contributed by atoms with Crippen molar-refractivity contribution in [1.82, 2.24) is 15.2 Å². The zero-order valence-electron chi connectivity index (χ0n) is 11.0. The third kappa shape index (κ3) is 2.97. The number of aryl methyl sites for hydroxylation is 1. The second-order valence-corrected chi connectivity index (χ2v) is 4.26. The van der Waals surface area contributed by atoms with Crippen molar-refractivity contribution in [3.8, 4) is 5.69 Å². The summed E-state index contributed by atoms with van der Waals surface area (Å²) in [4.78, 5) is 10.9. The highest BCUT2D eigenvalue weighted by atomic mass is 35.5. The molecule has 0 aliphatic heterocycles. The second kappa shape index (κ2) is 6.21. The summed E-state index contributed by atoms with van der Waals surface area (Å²) in [5, 5.41) is 8.52. The highest BCUT2D eigenvalue weighted by Gasteiger charge is 2.12. The van der Waals surface area contributed by atoms with Crippen LogP contribution in [0.3, 0.4) is 0 Å². The molecule has 104 valence electrons. The monoisotopic (exact) mass is 292 g/mol. The number of benzene rings is 1. The van der Waals surface area contributed by atoms with Crippen LogP contribution in [0.4, 0.5) is 4.79 Å². The number of nitrogens with one attached hydrogen (secondary N) is 1. The molecule has 0 aliphatic carbocycles. The van der Waals surface area contributed by atoms with Crippen molar-refractivity contribution >= 4 is 23.9 Å². The molecule has 0 unspecified atom stereocenters. The Bertz CT molecular complexity index is 637. The molecule has 0 saturated heterocycles. The molecule has 0 aliphatic rings. The Labute approximate surface area is 121 Å². The normalized spacial score (nSPS) is 10.8. The quantitative estimate of drug-likeness (QED) is 0.698. The molecule has 0 spiro atoms. The van der Waals surface area contributed by atoms with Gasteiger partial charge in [0.05, 0.1) is 30.3 Å². The summed E-state index contributed by atoms with van der Waals surface area (Å²) in [7, 11) is 1.26. The highest BCUT2D eigenvalue weighted by molar-refractivity contribution is 6.32. The maximum Gasteiger partial charge on any atom is 0.427 e. The number of halogens is 1. The van der Waals surface area contributed by atoms with Gasteiger partial charge in [-0.15, -0.1) is 0 Å². The van der Waals surface area contributed by atoms with Crippen LogP contribution in [0.1, 0.15) is 11.3 Å². The Morgan fingerprint density at radius 3 is 2.80 bits per heavy atom. The maximum atomic E-state index is 10.9. The van der Waals surface area contributed by atoms with Gasteiger partial charge in [-0.2, -0.15) is 10.2 Å². The van der Waals surface area contributed by atoms with Gasteiger partial charge in [-0.1, -0.05) is 29.8 Å². The minimum absolute atomic E-state index is 0.420. The molecule has 2 rings (SSSR count). The van der Waals surface area contributed by atoms with Gasteiger partial charge in [0.15, 0.2) is 0 Å². The average molecular weight is 293 g/mol. The van der Waals surface area contributed by atoms with Crippen LogP contribution in [-0.2, 0) is 4.74 Å². The van der Waals surface area contributed by atoms with Gasteiger partial charge in [0, 0.05) is 0 Å². The van der Waals surface area contributed by atoms with Crippen molar-refractivity contribution in [1.29, 1.82) is 0 Å². The van der Waals surface area contributed by atoms with Gasteiger partial charge in [0.1, 0.15) is 5.15 Å². The summed E-state index contributed by atoms with van der Waals surface area (Å²) in [5.74, 6) is 0. The number of ether oxygens (including phenoxy) is 1. The fourth-order valence-corrected chi connectivity index (χ4v) is 1.91. The lowest BCUT2D eigenvalue weighted by Crippen LogP contribution is -2.16. The number of aromatic nitrogens is 2. The molecule has 1 aromatic carbocycles. The number of methoxy groups -OCH3 is 1. The number of nitrogens with zero attached hydrogens (tertiary/aromatic N) is 3.